The van der Waals surface area contributed by atoms with Crippen LogP contribution in [0.15, 0.2) is 53.4 Å². The first-order valence-electron chi connectivity index (χ1n) is 9.02. The molecular weight excluding hydrogens is 419 g/mol. The van der Waals surface area contributed by atoms with Gasteiger partial charge in [-0.3, -0.25) is 4.79 Å². The van der Waals surface area contributed by atoms with Gasteiger partial charge in [0.2, 0.25) is 15.9 Å². The summed E-state index contributed by atoms with van der Waals surface area (Å²) in [5.74, 6) is -0.356. The number of carbonyl (C=O) groups excluding carboxylic acids is 1. The van der Waals surface area contributed by atoms with Crippen molar-refractivity contribution in [3.63, 3.8) is 0 Å². The minimum atomic E-state index is -3.89. The lowest BCUT2D eigenvalue weighted by Crippen LogP contribution is -2.43. The molecule has 1 amide bonds. The molecule has 0 saturated carbocycles. The van der Waals surface area contributed by atoms with Crippen LogP contribution in [-0.2, 0) is 21.4 Å². The summed E-state index contributed by atoms with van der Waals surface area (Å²) in [6, 6.07) is 12.8. The molecule has 2 aromatic carbocycles. The minimum Gasteiger partial charge on any atom is -0.353 e. The number of hydrogen-bond acceptors (Lipinski definition) is 3. The van der Waals surface area contributed by atoms with Crippen molar-refractivity contribution in [2.75, 3.05) is 6.54 Å². The minimum absolute atomic E-state index is 0.0297. The van der Waals surface area contributed by atoms with Crippen LogP contribution in [0.1, 0.15) is 32.3 Å². The van der Waals surface area contributed by atoms with Crippen LogP contribution < -0.4 is 5.32 Å². The smallest absolute Gasteiger partial charge is 0.243 e. The number of rotatable bonds is 9. The summed E-state index contributed by atoms with van der Waals surface area (Å²) in [5.41, 5.74) is 0.569. The van der Waals surface area contributed by atoms with Crippen molar-refractivity contribution in [1.29, 1.82) is 0 Å². The molecule has 8 heteroatoms. The van der Waals surface area contributed by atoms with Gasteiger partial charge in [0.25, 0.3) is 0 Å². The lowest BCUT2D eigenvalue weighted by atomic mass is 10.2. The van der Waals surface area contributed by atoms with Gasteiger partial charge in [0.1, 0.15) is 0 Å². The summed E-state index contributed by atoms with van der Waals surface area (Å²) in [4.78, 5) is 12.6. The Morgan fingerprint density at radius 2 is 1.82 bits per heavy atom. The molecule has 0 aliphatic heterocycles. The summed E-state index contributed by atoms with van der Waals surface area (Å²) >= 11 is 12.2. The summed E-state index contributed by atoms with van der Waals surface area (Å²) < 4.78 is 27.4. The average Bonchev–Trinajstić information content (AvgIpc) is 2.64. The zero-order valence-corrected chi connectivity index (χ0v) is 18.2. The Morgan fingerprint density at radius 1 is 1.14 bits per heavy atom. The molecule has 0 saturated heterocycles. The molecule has 1 atom stereocenters. The van der Waals surface area contributed by atoms with Crippen molar-refractivity contribution in [2.24, 2.45) is 0 Å². The molecule has 5 nitrogen and oxygen atoms in total. The molecule has 0 aliphatic rings. The molecule has 1 N–H and O–H groups in total. The molecule has 0 radical (unpaired) electrons. The number of halogens is 2. The van der Waals surface area contributed by atoms with Gasteiger partial charge in [-0.05, 0) is 43.2 Å². The Labute approximate surface area is 176 Å². The molecule has 0 fully saturated rings. The van der Waals surface area contributed by atoms with Crippen molar-refractivity contribution in [1.82, 2.24) is 9.62 Å². The first-order chi connectivity index (χ1) is 13.2. The third-order valence-electron chi connectivity index (χ3n) is 4.19. The molecule has 152 valence electrons. The Kier molecular flexibility index (Phi) is 8.31. The van der Waals surface area contributed by atoms with Gasteiger partial charge in [0.05, 0.1) is 11.4 Å². The highest BCUT2D eigenvalue weighted by Crippen LogP contribution is 2.25. The zero-order chi connectivity index (χ0) is 20.7. The fourth-order valence-electron chi connectivity index (χ4n) is 2.79. The van der Waals surface area contributed by atoms with Crippen LogP contribution in [0.5, 0.6) is 0 Å². The largest absolute Gasteiger partial charge is 0.353 e. The maximum Gasteiger partial charge on any atom is 0.243 e. The van der Waals surface area contributed by atoms with Crippen LogP contribution in [0.3, 0.4) is 0 Å². The number of nitrogens with one attached hydrogen (secondary N) is 1. The highest BCUT2D eigenvalue weighted by atomic mass is 35.5. The molecule has 0 bridgehead atoms. The quantitative estimate of drug-likeness (QED) is 0.621. The van der Waals surface area contributed by atoms with E-state index in [1.165, 1.54) is 12.1 Å². The fourth-order valence-corrected chi connectivity index (χ4v) is 4.66. The third kappa shape index (κ3) is 6.21. The van der Waals surface area contributed by atoms with E-state index in [0.717, 1.165) is 17.1 Å². The van der Waals surface area contributed by atoms with E-state index in [4.69, 9.17) is 23.2 Å². The topological polar surface area (TPSA) is 66.5 Å². The molecule has 0 aliphatic carbocycles. The van der Waals surface area contributed by atoms with Gasteiger partial charge in [-0.1, -0.05) is 60.8 Å². The van der Waals surface area contributed by atoms with E-state index in [9.17, 15) is 13.2 Å². The first-order valence-corrected chi connectivity index (χ1v) is 11.2. The maximum absolute atomic E-state index is 13.1. The van der Waals surface area contributed by atoms with Crippen LogP contribution >= 0.6 is 23.2 Å². The van der Waals surface area contributed by atoms with Gasteiger partial charge >= 0.3 is 0 Å². The second kappa shape index (κ2) is 10.3. The summed E-state index contributed by atoms with van der Waals surface area (Å²) in [6.45, 7) is 3.58. The first kappa shape index (κ1) is 22.7. The average molecular weight is 443 g/mol. The number of sulfonamides is 1. The number of amides is 1. The fraction of sp³-hybridized carbons (Fsp3) is 0.350. The zero-order valence-electron chi connectivity index (χ0n) is 15.9. The Bertz CT molecular complexity index is 905. The molecule has 28 heavy (non-hydrogen) atoms. The number of carbonyl (C=O) groups is 1. The van der Waals surface area contributed by atoms with Gasteiger partial charge in [-0.15, -0.1) is 0 Å². The van der Waals surface area contributed by atoms with Gasteiger partial charge in [0.15, 0.2) is 0 Å². The molecular formula is C20H24Cl2N2O3S. The van der Waals surface area contributed by atoms with Crippen molar-refractivity contribution >= 4 is 39.1 Å². The molecule has 0 aromatic heterocycles. The van der Waals surface area contributed by atoms with E-state index < -0.39 is 10.0 Å². The van der Waals surface area contributed by atoms with E-state index in [-0.39, 0.29) is 29.9 Å². The Hall–Kier alpha value is -1.60. The van der Waals surface area contributed by atoms with Crippen molar-refractivity contribution in [3.05, 3.63) is 64.1 Å². The van der Waals surface area contributed by atoms with Crippen molar-refractivity contribution < 1.29 is 13.2 Å². The predicted molar refractivity (Wildman–Crippen MR) is 113 cm³/mol. The molecule has 0 heterocycles. The van der Waals surface area contributed by atoms with E-state index in [0.29, 0.717) is 15.6 Å². The monoisotopic (exact) mass is 442 g/mol. The number of hydrogen-bond donors (Lipinski definition) is 1. The van der Waals surface area contributed by atoms with Crippen LogP contribution in [0.25, 0.3) is 0 Å². The van der Waals surface area contributed by atoms with Crippen molar-refractivity contribution in [3.8, 4) is 0 Å². The van der Waals surface area contributed by atoms with Gasteiger partial charge in [-0.2, -0.15) is 4.31 Å². The lowest BCUT2D eigenvalue weighted by Gasteiger charge is -2.23. The van der Waals surface area contributed by atoms with E-state index in [1.807, 2.05) is 13.8 Å². The highest BCUT2D eigenvalue weighted by molar-refractivity contribution is 7.89. The second-order valence-electron chi connectivity index (χ2n) is 6.58. The Balaban J connectivity index is 2.31. The normalized spacial score (nSPS) is 12.8. The van der Waals surface area contributed by atoms with Crippen LogP contribution in [-0.4, -0.2) is 31.2 Å². The molecule has 0 unspecified atom stereocenters. The number of benzene rings is 2. The lowest BCUT2D eigenvalue weighted by molar-refractivity contribution is -0.122. The summed E-state index contributed by atoms with van der Waals surface area (Å²) in [7, 11) is -3.89. The van der Waals surface area contributed by atoms with E-state index in [2.05, 4.69) is 5.32 Å². The van der Waals surface area contributed by atoms with E-state index in [1.54, 1.807) is 36.4 Å². The van der Waals surface area contributed by atoms with E-state index >= 15 is 0 Å². The van der Waals surface area contributed by atoms with Crippen molar-refractivity contribution in [2.45, 2.75) is 44.2 Å². The van der Waals surface area contributed by atoms with Gasteiger partial charge in [0, 0.05) is 22.6 Å². The van der Waals surface area contributed by atoms with Gasteiger partial charge in [-0.25, -0.2) is 8.42 Å². The molecule has 2 aromatic rings. The highest BCUT2D eigenvalue weighted by Gasteiger charge is 2.27. The molecule has 0 spiro atoms. The van der Waals surface area contributed by atoms with Gasteiger partial charge < -0.3 is 5.32 Å². The Morgan fingerprint density at radius 3 is 2.43 bits per heavy atom. The summed E-state index contributed by atoms with van der Waals surface area (Å²) in [5, 5.41) is 3.65. The van der Waals surface area contributed by atoms with Crippen LogP contribution in [0, 0.1) is 0 Å². The standard InChI is InChI=1S/C20H24Cl2N2O3S/c1-3-7-15(2)23-20(25)14-24(13-16-10-11-17(21)12-19(16)22)28(26,27)18-8-5-4-6-9-18/h4-6,8-12,15H,3,7,13-14H2,1-2H3,(H,23,25)/t15-/m0/s1. The SMILES string of the molecule is CCC[C@H](C)NC(=O)CN(Cc1ccc(Cl)cc1Cl)S(=O)(=O)c1ccccc1. The predicted octanol–water partition coefficient (Wildman–Crippen LogP) is 4.49. The second-order valence-corrected chi connectivity index (χ2v) is 9.36. The molecule has 2 rings (SSSR count). The third-order valence-corrected chi connectivity index (χ3v) is 6.58. The number of nitrogens with zero attached hydrogens (tertiary/aromatic N) is 1. The van der Waals surface area contributed by atoms with Crippen LogP contribution in [0.4, 0.5) is 0 Å². The maximum atomic E-state index is 13.1. The summed E-state index contributed by atoms with van der Waals surface area (Å²) in [6.07, 6.45) is 1.74. The van der Waals surface area contributed by atoms with Crippen LogP contribution in [0.2, 0.25) is 10.0 Å².